The third-order valence-corrected chi connectivity index (χ3v) is 3.14. The molecule has 0 bridgehead atoms. The third-order valence-electron chi connectivity index (χ3n) is 1.75. The summed E-state index contributed by atoms with van der Waals surface area (Å²) in [6.45, 7) is 5.78. The van der Waals surface area contributed by atoms with Crippen LogP contribution < -0.4 is 5.73 Å². The molecule has 10 heavy (non-hydrogen) atoms. The summed E-state index contributed by atoms with van der Waals surface area (Å²) in [7, 11) is 1.000. The van der Waals surface area contributed by atoms with Gasteiger partial charge in [0.1, 0.15) is 5.60 Å². The van der Waals surface area contributed by atoms with E-state index in [4.69, 9.17) is 10.5 Å². The molecule has 0 aromatic carbocycles. The van der Waals surface area contributed by atoms with Crippen molar-refractivity contribution in [2.24, 2.45) is 5.73 Å². The zero-order chi connectivity index (χ0) is 8.36. The number of hydrogen-bond donors (Lipinski definition) is 1. The van der Waals surface area contributed by atoms with Crippen molar-refractivity contribution in [3.8, 4) is 0 Å². The van der Waals surface area contributed by atoms with Gasteiger partial charge in [-0.2, -0.15) is 0 Å². The van der Waals surface area contributed by atoms with E-state index >= 15 is 0 Å². The normalized spacial score (nSPS) is 14.7. The summed E-state index contributed by atoms with van der Waals surface area (Å²) in [5.41, 5.74) is 4.90. The van der Waals surface area contributed by atoms with Crippen molar-refractivity contribution in [2.45, 2.75) is 31.9 Å². The zero-order valence-electron chi connectivity index (χ0n) is 6.97. The van der Waals surface area contributed by atoms with Gasteiger partial charge in [0.2, 0.25) is 0 Å². The van der Waals surface area contributed by atoms with E-state index in [-0.39, 0.29) is 0 Å². The molecule has 1 atom stereocenters. The molecule has 4 heteroatoms. The summed E-state index contributed by atoms with van der Waals surface area (Å²) in [5, 5.41) is 0. The van der Waals surface area contributed by atoms with Crippen molar-refractivity contribution in [3.05, 3.63) is 0 Å². The molecular formula is C6H15NO2Si. The van der Waals surface area contributed by atoms with E-state index in [9.17, 15) is 4.79 Å². The van der Waals surface area contributed by atoms with Gasteiger partial charge in [0.15, 0.2) is 0 Å². The summed E-state index contributed by atoms with van der Waals surface area (Å²) in [4.78, 5) is 10.3. The molecule has 60 valence electrons. The molecule has 0 fully saturated rings. The van der Waals surface area contributed by atoms with E-state index in [0.29, 0.717) is 5.54 Å². The van der Waals surface area contributed by atoms with Gasteiger partial charge in [-0.15, -0.1) is 0 Å². The van der Waals surface area contributed by atoms with Crippen molar-refractivity contribution in [1.29, 1.82) is 0 Å². The Kier molecular flexibility index (Phi) is 2.89. The second-order valence-electron chi connectivity index (χ2n) is 3.18. The molecule has 0 aliphatic carbocycles. The van der Waals surface area contributed by atoms with E-state index in [1.807, 2.05) is 20.8 Å². The lowest BCUT2D eigenvalue weighted by Gasteiger charge is -2.27. The molecule has 0 rings (SSSR count). The maximum Gasteiger partial charge on any atom is 0.405 e. The van der Waals surface area contributed by atoms with Crippen LogP contribution in [0.2, 0.25) is 5.54 Å². The molecule has 0 saturated heterocycles. The van der Waals surface area contributed by atoms with Crippen LogP contribution in [-0.4, -0.2) is 21.9 Å². The zero-order valence-corrected chi connectivity index (χ0v) is 8.97. The average molecular weight is 161 g/mol. The highest BCUT2D eigenvalue weighted by Gasteiger charge is 2.25. The summed E-state index contributed by atoms with van der Waals surface area (Å²) >= 11 is 0. The van der Waals surface area contributed by atoms with Crippen molar-refractivity contribution in [2.75, 3.05) is 0 Å². The smallest absolute Gasteiger partial charge is 0.405 e. The van der Waals surface area contributed by atoms with Gasteiger partial charge in [-0.1, -0.05) is 6.92 Å². The molecule has 0 spiro atoms. The van der Waals surface area contributed by atoms with Gasteiger partial charge in [-0.25, -0.2) is 4.79 Å². The topological polar surface area (TPSA) is 52.3 Å². The van der Waals surface area contributed by atoms with E-state index in [1.165, 1.54) is 0 Å². The number of amides is 1. The molecule has 2 N–H and O–H groups in total. The molecule has 0 aromatic rings. The quantitative estimate of drug-likeness (QED) is 0.581. The Morgan fingerprint density at radius 3 is 2.20 bits per heavy atom. The van der Waals surface area contributed by atoms with Gasteiger partial charge in [0.25, 0.3) is 0 Å². The first-order valence-corrected chi connectivity index (χ1v) is 4.50. The van der Waals surface area contributed by atoms with Gasteiger partial charge in [0.05, 0.1) is 0 Å². The predicted octanol–water partition coefficient (Wildman–Crippen LogP) is 0.0341. The highest BCUT2D eigenvalue weighted by molar-refractivity contribution is 6.12. The first kappa shape index (κ1) is 9.49. The monoisotopic (exact) mass is 161 g/mol. The minimum absolute atomic E-state index is 0.391. The van der Waals surface area contributed by atoms with E-state index in [1.54, 1.807) is 0 Å². The number of nitrogens with two attached hydrogens (primary N) is 1. The second kappa shape index (κ2) is 3.05. The summed E-state index contributed by atoms with van der Waals surface area (Å²) in [6.07, 6.45) is -0.687. The Balaban J connectivity index is 3.99. The van der Waals surface area contributed by atoms with Crippen LogP contribution in [-0.2, 0) is 4.74 Å². The minimum atomic E-state index is -0.687. The molecule has 0 aliphatic heterocycles. The van der Waals surface area contributed by atoms with Crippen molar-refractivity contribution in [3.63, 3.8) is 0 Å². The van der Waals surface area contributed by atoms with E-state index < -0.39 is 11.7 Å². The maximum absolute atomic E-state index is 10.3. The summed E-state index contributed by atoms with van der Waals surface area (Å²) < 4.78 is 4.87. The van der Waals surface area contributed by atoms with Crippen LogP contribution >= 0.6 is 0 Å². The van der Waals surface area contributed by atoms with Crippen molar-refractivity contribution in [1.82, 2.24) is 0 Å². The van der Waals surface area contributed by atoms with Gasteiger partial charge in [-0.05, 0) is 19.4 Å². The number of ether oxygens (including phenoxy) is 1. The summed E-state index contributed by atoms with van der Waals surface area (Å²) in [5.74, 6) is 0. The molecule has 0 heterocycles. The van der Waals surface area contributed by atoms with Crippen LogP contribution in [0.3, 0.4) is 0 Å². The standard InChI is InChI=1S/C6H15NO2Si/c1-4(10)6(2,3)9-5(7)8/h4H,1-3,10H3,(H2,7,8). The van der Waals surface area contributed by atoms with E-state index in [2.05, 4.69) is 0 Å². The lowest BCUT2D eigenvalue weighted by Crippen LogP contribution is -2.34. The lowest BCUT2D eigenvalue weighted by atomic mass is 10.1. The van der Waals surface area contributed by atoms with E-state index in [0.717, 1.165) is 10.2 Å². The van der Waals surface area contributed by atoms with Crippen LogP contribution in [0.15, 0.2) is 0 Å². The maximum atomic E-state index is 10.3. The largest absolute Gasteiger partial charge is 0.444 e. The Bertz CT molecular complexity index is 134. The number of carbonyl (C=O) groups is 1. The predicted molar refractivity (Wildman–Crippen MR) is 44.1 cm³/mol. The molecule has 0 saturated carbocycles. The number of carbonyl (C=O) groups excluding carboxylic acids is 1. The average Bonchev–Trinajstić information content (AvgIpc) is 1.60. The van der Waals surface area contributed by atoms with Gasteiger partial charge in [0, 0.05) is 10.2 Å². The molecular weight excluding hydrogens is 146 g/mol. The highest BCUT2D eigenvalue weighted by atomic mass is 28.1. The first-order valence-electron chi connectivity index (χ1n) is 3.34. The van der Waals surface area contributed by atoms with Gasteiger partial charge < -0.3 is 10.5 Å². The van der Waals surface area contributed by atoms with Crippen LogP contribution in [0.1, 0.15) is 20.8 Å². The first-order chi connectivity index (χ1) is 4.36. The van der Waals surface area contributed by atoms with Crippen LogP contribution in [0.5, 0.6) is 0 Å². The fraction of sp³-hybridized carbons (Fsp3) is 0.833. The van der Waals surface area contributed by atoms with Crippen molar-refractivity contribution < 1.29 is 9.53 Å². The van der Waals surface area contributed by atoms with Crippen molar-refractivity contribution >= 4 is 16.3 Å². The fourth-order valence-electron chi connectivity index (χ4n) is 0.377. The van der Waals surface area contributed by atoms with Crippen LogP contribution in [0.25, 0.3) is 0 Å². The number of primary amides is 1. The SMILES string of the molecule is CC([SiH3])C(C)(C)OC(N)=O. The lowest BCUT2D eigenvalue weighted by molar-refractivity contribution is 0.0436. The molecule has 3 nitrogen and oxygen atoms in total. The number of rotatable bonds is 2. The highest BCUT2D eigenvalue weighted by Crippen LogP contribution is 2.22. The van der Waals surface area contributed by atoms with Crippen LogP contribution in [0, 0.1) is 0 Å². The number of hydrogen-bond acceptors (Lipinski definition) is 2. The second-order valence-corrected chi connectivity index (χ2v) is 4.91. The molecule has 0 aromatic heterocycles. The summed E-state index contributed by atoms with van der Waals surface area (Å²) in [6, 6.07) is 0. The molecule has 0 radical (unpaired) electrons. The minimum Gasteiger partial charge on any atom is -0.444 e. The Labute approximate surface area is 64.3 Å². The Morgan fingerprint density at radius 2 is 2.10 bits per heavy atom. The Morgan fingerprint density at radius 1 is 1.70 bits per heavy atom. The molecule has 0 aliphatic rings. The van der Waals surface area contributed by atoms with Gasteiger partial charge in [-0.3, -0.25) is 0 Å². The third kappa shape index (κ3) is 2.86. The molecule has 1 unspecified atom stereocenters. The molecule has 1 amide bonds. The Hall–Kier alpha value is -0.513. The van der Waals surface area contributed by atoms with Gasteiger partial charge >= 0.3 is 6.09 Å². The van der Waals surface area contributed by atoms with Crippen LogP contribution in [0.4, 0.5) is 4.79 Å². The fourth-order valence-corrected chi connectivity index (χ4v) is 0.495.